The third-order valence-electron chi connectivity index (χ3n) is 6.32. The van der Waals surface area contributed by atoms with Crippen LogP contribution in [0.2, 0.25) is 0 Å². The molecule has 2 aromatic rings. The Morgan fingerprint density at radius 2 is 2.00 bits per heavy atom. The fourth-order valence-corrected chi connectivity index (χ4v) is 6.82. The van der Waals surface area contributed by atoms with Gasteiger partial charge in [0.25, 0.3) is 0 Å². The van der Waals surface area contributed by atoms with E-state index in [1.54, 1.807) is 0 Å². The summed E-state index contributed by atoms with van der Waals surface area (Å²) in [6.45, 7) is 2.84. The zero-order chi connectivity index (χ0) is 22.8. The van der Waals surface area contributed by atoms with Crippen molar-refractivity contribution in [3.8, 4) is 0 Å². The van der Waals surface area contributed by atoms with Crippen LogP contribution in [-0.2, 0) is 28.4 Å². The number of rotatable bonds is 5. The minimum Gasteiger partial charge on any atom is -0.386 e. The number of hydrogen-bond donors (Lipinski definition) is 3. The van der Waals surface area contributed by atoms with E-state index in [2.05, 4.69) is 9.68 Å². The predicted molar refractivity (Wildman–Crippen MR) is 122 cm³/mol. The fraction of sp³-hybridized carbons (Fsp3) is 0.545. The van der Waals surface area contributed by atoms with Crippen molar-refractivity contribution in [1.82, 2.24) is 4.98 Å². The third kappa shape index (κ3) is 3.98. The molecule has 2 fully saturated rings. The van der Waals surface area contributed by atoms with E-state index in [-0.39, 0.29) is 9.77 Å². The number of thiophene rings is 1. The van der Waals surface area contributed by atoms with E-state index in [9.17, 15) is 18.5 Å². The fourth-order valence-electron chi connectivity index (χ4n) is 4.44. The first-order chi connectivity index (χ1) is 15.1. The molecule has 4 N–H and O–H groups in total. The van der Waals surface area contributed by atoms with Crippen molar-refractivity contribution in [1.29, 1.82) is 0 Å². The van der Waals surface area contributed by atoms with Crippen LogP contribution in [0.4, 0.5) is 14.9 Å². The Morgan fingerprint density at radius 1 is 1.31 bits per heavy atom. The van der Waals surface area contributed by atoms with Crippen LogP contribution in [-0.4, -0.2) is 20.3 Å². The maximum absolute atomic E-state index is 14.8. The molecule has 0 spiro atoms. The number of hydrogen-bond acceptors (Lipinski definition) is 5. The normalized spacial score (nSPS) is 20.0. The zero-order valence-electron chi connectivity index (χ0n) is 18.1. The number of carbonyl (C=O) groups is 1. The standard InChI is InChI=1S/C22H27FN4O3S2/c1-22(2,29)14-10-31-20(17(14)23)32(24,30)27-21(28)26-19-13-4-3-5-15(13)25-18(12-8-9-12)16(19)11-6-7-11/h10-12,29H,3-9H2,1-2H3,(H3,24,25,26,27,28,30)/t32-/m1/s1. The van der Waals surface area contributed by atoms with Crippen LogP contribution in [0.3, 0.4) is 0 Å². The summed E-state index contributed by atoms with van der Waals surface area (Å²) in [4.78, 5) is 17.9. The van der Waals surface area contributed by atoms with Crippen molar-refractivity contribution < 1.29 is 18.5 Å². The van der Waals surface area contributed by atoms with Gasteiger partial charge in [-0.15, -0.1) is 15.7 Å². The van der Waals surface area contributed by atoms with Crippen molar-refractivity contribution in [3.05, 3.63) is 39.3 Å². The molecule has 0 bridgehead atoms. The first-order valence-electron chi connectivity index (χ1n) is 11.0. The Hall–Kier alpha value is -1.88. The summed E-state index contributed by atoms with van der Waals surface area (Å²) in [7, 11) is -3.82. The number of carbonyl (C=O) groups excluding carboxylic acids is 1. The highest BCUT2D eigenvalue weighted by atomic mass is 32.2. The van der Waals surface area contributed by atoms with E-state index in [1.807, 2.05) is 0 Å². The molecule has 10 heteroatoms. The molecule has 3 aliphatic carbocycles. The summed E-state index contributed by atoms with van der Waals surface area (Å²) >= 11 is 0.792. The van der Waals surface area contributed by atoms with E-state index in [1.165, 1.54) is 19.2 Å². The second-order valence-corrected chi connectivity index (χ2v) is 12.4. The lowest BCUT2D eigenvalue weighted by molar-refractivity contribution is 0.0748. The smallest absolute Gasteiger partial charge is 0.354 e. The molecule has 1 atom stereocenters. The van der Waals surface area contributed by atoms with E-state index in [0.717, 1.165) is 84.5 Å². The molecular formula is C22H27FN4O3S2. The molecule has 0 aliphatic heterocycles. The van der Waals surface area contributed by atoms with Crippen molar-refractivity contribution in [2.24, 2.45) is 9.50 Å². The highest BCUT2D eigenvalue weighted by Gasteiger charge is 2.39. The lowest BCUT2D eigenvalue weighted by Crippen LogP contribution is -2.21. The number of nitrogens with two attached hydrogens (primary N) is 1. The molecule has 2 saturated carbocycles. The van der Waals surface area contributed by atoms with E-state index in [4.69, 9.17) is 10.1 Å². The highest BCUT2D eigenvalue weighted by Crippen LogP contribution is 2.53. The second-order valence-electron chi connectivity index (χ2n) is 9.51. The van der Waals surface area contributed by atoms with Crippen molar-refractivity contribution in [3.63, 3.8) is 0 Å². The zero-order valence-corrected chi connectivity index (χ0v) is 19.7. The molecule has 0 saturated heterocycles. The third-order valence-corrected chi connectivity index (χ3v) is 9.22. The molecule has 0 radical (unpaired) electrons. The number of aromatic nitrogens is 1. The average Bonchev–Trinajstić information content (AvgIpc) is 3.60. The molecule has 3 aliphatic rings. The summed E-state index contributed by atoms with van der Waals surface area (Å²) in [6, 6.07) is -0.848. The van der Waals surface area contributed by atoms with Crippen LogP contribution in [0, 0.1) is 5.82 Å². The van der Waals surface area contributed by atoms with E-state index < -0.39 is 27.4 Å². The Balaban J connectivity index is 1.52. The number of fused-ring (bicyclic) bond motifs is 1. The Bertz CT molecular complexity index is 1230. The number of nitrogens with zero attached hydrogens (tertiary/aromatic N) is 2. The largest absolute Gasteiger partial charge is 0.386 e. The van der Waals surface area contributed by atoms with Crippen LogP contribution in [0.15, 0.2) is 14.0 Å². The number of pyridine rings is 1. The molecule has 2 amide bonds. The number of amides is 2. The molecule has 2 heterocycles. The van der Waals surface area contributed by atoms with Crippen molar-refractivity contribution in [2.75, 3.05) is 5.32 Å². The summed E-state index contributed by atoms with van der Waals surface area (Å²) in [6.07, 6.45) is 7.04. The van der Waals surface area contributed by atoms with Crippen LogP contribution < -0.4 is 10.5 Å². The Morgan fingerprint density at radius 3 is 2.59 bits per heavy atom. The predicted octanol–water partition coefficient (Wildman–Crippen LogP) is 4.69. The maximum atomic E-state index is 14.8. The van der Waals surface area contributed by atoms with Crippen LogP contribution in [0.25, 0.3) is 0 Å². The minimum atomic E-state index is -3.82. The van der Waals surface area contributed by atoms with Gasteiger partial charge in [0.1, 0.15) is 0 Å². The van der Waals surface area contributed by atoms with Gasteiger partial charge < -0.3 is 10.4 Å². The van der Waals surface area contributed by atoms with Gasteiger partial charge in [-0.25, -0.2) is 18.5 Å². The highest BCUT2D eigenvalue weighted by molar-refractivity contribution is 7.93. The monoisotopic (exact) mass is 478 g/mol. The molecular weight excluding hydrogens is 451 g/mol. The molecule has 172 valence electrons. The molecule has 5 rings (SSSR count). The minimum absolute atomic E-state index is 0.0247. The van der Waals surface area contributed by atoms with Gasteiger partial charge in [0, 0.05) is 33.8 Å². The van der Waals surface area contributed by atoms with Crippen LogP contribution in [0.5, 0.6) is 0 Å². The topological polar surface area (TPSA) is 118 Å². The number of aliphatic hydroxyl groups is 1. The lowest BCUT2D eigenvalue weighted by atomic mass is 9.98. The lowest BCUT2D eigenvalue weighted by Gasteiger charge is -2.18. The SMILES string of the molecule is CC(C)(O)c1csc([S@](N)(=O)=NC(=O)Nc2c3c(nc(C4CC4)c2C2CC2)CCC3)c1F. The summed E-state index contributed by atoms with van der Waals surface area (Å²) in [5, 5.41) is 20.2. The van der Waals surface area contributed by atoms with E-state index in [0.29, 0.717) is 11.8 Å². The number of halogens is 1. The van der Waals surface area contributed by atoms with Gasteiger partial charge >= 0.3 is 6.03 Å². The van der Waals surface area contributed by atoms with Gasteiger partial charge in [0.2, 0.25) is 0 Å². The van der Waals surface area contributed by atoms with Gasteiger partial charge in [0.05, 0.1) is 11.3 Å². The first-order valence-corrected chi connectivity index (χ1v) is 13.4. The number of aryl methyl sites for hydroxylation is 1. The molecule has 32 heavy (non-hydrogen) atoms. The van der Waals surface area contributed by atoms with Gasteiger partial charge in [-0.05, 0) is 70.3 Å². The van der Waals surface area contributed by atoms with E-state index >= 15 is 0 Å². The first kappa shape index (κ1) is 21.9. The Kier molecular flexibility index (Phi) is 5.20. The number of nitrogens with one attached hydrogen (secondary N) is 1. The van der Waals surface area contributed by atoms with Gasteiger partial charge in [-0.2, -0.15) is 0 Å². The molecule has 0 unspecified atom stereocenters. The van der Waals surface area contributed by atoms with Crippen molar-refractivity contribution in [2.45, 2.75) is 80.4 Å². The molecule has 0 aromatic carbocycles. The Labute approximate surface area is 191 Å². The van der Waals surface area contributed by atoms with Crippen LogP contribution >= 0.6 is 11.3 Å². The summed E-state index contributed by atoms with van der Waals surface area (Å²) in [5.41, 5.74) is 3.53. The van der Waals surface area contributed by atoms with Gasteiger partial charge in [-0.3, -0.25) is 4.98 Å². The quantitative estimate of drug-likeness (QED) is 0.578. The molecule has 2 aromatic heterocycles. The maximum Gasteiger partial charge on any atom is 0.354 e. The number of urea groups is 1. The molecule has 7 nitrogen and oxygen atoms in total. The van der Waals surface area contributed by atoms with Gasteiger partial charge in [-0.1, -0.05) is 0 Å². The second kappa shape index (κ2) is 7.58. The average molecular weight is 479 g/mol. The van der Waals surface area contributed by atoms with Crippen molar-refractivity contribution >= 4 is 33.0 Å². The van der Waals surface area contributed by atoms with Crippen LogP contribution in [0.1, 0.15) is 85.9 Å². The number of anilines is 1. The van der Waals surface area contributed by atoms with Gasteiger partial charge in [0.15, 0.2) is 19.9 Å². The summed E-state index contributed by atoms with van der Waals surface area (Å²) < 4.78 is 31.2. The summed E-state index contributed by atoms with van der Waals surface area (Å²) in [5.74, 6) is -0.0556.